The second kappa shape index (κ2) is 16.8. The lowest BCUT2D eigenvalue weighted by atomic mass is 10.0. The van der Waals surface area contributed by atoms with E-state index in [1.165, 1.54) is 0 Å². The first-order valence-electron chi connectivity index (χ1n) is 19.2. The van der Waals surface area contributed by atoms with Gasteiger partial charge in [-0.3, -0.25) is 14.5 Å². The smallest absolute Gasteiger partial charge is 0.405 e. The van der Waals surface area contributed by atoms with E-state index < -0.39 is 12.1 Å². The predicted molar refractivity (Wildman–Crippen MR) is 206 cm³/mol. The lowest BCUT2D eigenvalue weighted by Gasteiger charge is -2.33. The SMILES string of the molecule is CCCN(CCC)[C@@H](C)C(=O)N1CCC[C@H]1c1ncc(-c2ccc(-c3ccc(-c4cnc([C@@H]5CCCN5C(=O)[C@@H](NC(=O)O)C(C)C)[nH]4)cc3)cc2)[nH]1. The Morgan fingerprint density at radius 3 is 1.60 bits per heavy atom. The van der Waals surface area contributed by atoms with E-state index in [9.17, 15) is 19.5 Å². The van der Waals surface area contributed by atoms with Gasteiger partial charge in [-0.05, 0) is 86.7 Å². The van der Waals surface area contributed by atoms with Crippen molar-refractivity contribution in [3.63, 3.8) is 0 Å². The van der Waals surface area contributed by atoms with Crippen molar-refractivity contribution in [3.05, 3.63) is 72.6 Å². The zero-order chi connectivity index (χ0) is 37.6. The van der Waals surface area contributed by atoms with Crippen LogP contribution in [0.5, 0.6) is 0 Å². The van der Waals surface area contributed by atoms with Crippen LogP contribution in [0.1, 0.15) is 96.9 Å². The van der Waals surface area contributed by atoms with Gasteiger partial charge in [-0.2, -0.15) is 0 Å². The van der Waals surface area contributed by atoms with Crippen molar-refractivity contribution in [1.29, 1.82) is 0 Å². The number of hydrogen-bond acceptors (Lipinski definition) is 6. The fraction of sp³-hybridized carbons (Fsp3) is 0.488. The van der Waals surface area contributed by atoms with Gasteiger partial charge >= 0.3 is 6.09 Å². The third-order valence-electron chi connectivity index (χ3n) is 10.8. The monoisotopic (exact) mass is 722 g/mol. The second-order valence-corrected chi connectivity index (χ2v) is 14.8. The molecule has 4 N–H and O–H groups in total. The molecule has 2 aromatic heterocycles. The Morgan fingerprint density at radius 2 is 1.19 bits per heavy atom. The summed E-state index contributed by atoms with van der Waals surface area (Å²) in [5, 5.41) is 11.7. The van der Waals surface area contributed by atoms with Gasteiger partial charge in [0.25, 0.3) is 0 Å². The van der Waals surface area contributed by atoms with Gasteiger partial charge in [0.05, 0.1) is 41.9 Å². The average molecular weight is 723 g/mol. The Hall–Kier alpha value is -4.97. The number of nitrogens with zero attached hydrogens (tertiary/aromatic N) is 5. The van der Waals surface area contributed by atoms with Crippen molar-refractivity contribution in [1.82, 2.24) is 40.0 Å². The van der Waals surface area contributed by atoms with E-state index >= 15 is 0 Å². The molecule has 0 bridgehead atoms. The molecule has 53 heavy (non-hydrogen) atoms. The first-order chi connectivity index (χ1) is 25.6. The maximum atomic E-state index is 13.6. The van der Waals surface area contributed by atoms with Crippen LogP contribution >= 0.6 is 0 Å². The molecule has 2 aromatic carbocycles. The summed E-state index contributed by atoms with van der Waals surface area (Å²) < 4.78 is 0. The molecule has 4 heterocycles. The number of benzene rings is 2. The van der Waals surface area contributed by atoms with Crippen LogP contribution in [0.3, 0.4) is 0 Å². The van der Waals surface area contributed by atoms with Gasteiger partial charge in [-0.1, -0.05) is 76.2 Å². The summed E-state index contributed by atoms with van der Waals surface area (Å²) in [4.78, 5) is 60.8. The molecule has 282 valence electrons. The van der Waals surface area contributed by atoms with Gasteiger partial charge in [0.1, 0.15) is 17.7 Å². The molecule has 0 spiro atoms. The normalized spacial score (nSPS) is 18.5. The first kappa shape index (κ1) is 37.8. The van der Waals surface area contributed by atoms with Crippen molar-refractivity contribution in [2.75, 3.05) is 26.2 Å². The van der Waals surface area contributed by atoms with E-state index in [-0.39, 0.29) is 35.9 Å². The van der Waals surface area contributed by atoms with Crippen LogP contribution in [-0.2, 0) is 9.59 Å². The maximum Gasteiger partial charge on any atom is 0.405 e. The fourth-order valence-electron chi connectivity index (χ4n) is 7.91. The number of hydrogen-bond donors (Lipinski definition) is 4. The Labute approximate surface area is 312 Å². The molecule has 4 atom stereocenters. The quantitative estimate of drug-likeness (QED) is 0.107. The van der Waals surface area contributed by atoms with Crippen LogP contribution in [0.4, 0.5) is 4.79 Å². The number of aromatic amines is 2. The Kier molecular flexibility index (Phi) is 12.0. The summed E-state index contributed by atoms with van der Waals surface area (Å²) in [5.41, 5.74) is 5.98. The minimum Gasteiger partial charge on any atom is -0.465 e. The molecule has 0 saturated carbocycles. The third kappa shape index (κ3) is 8.32. The molecule has 12 nitrogen and oxygen atoms in total. The molecule has 2 saturated heterocycles. The lowest BCUT2D eigenvalue weighted by Crippen LogP contribution is -2.50. The molecule has 4 aromatic rings. The molecular weight excluding hydrogens is 669 g/mol. The molecule has 2 fully saturated rings. The van der Waals surface area contributed by atoms with Crippen LogP contribution in [0.2, 0.25) is 0 Å². The van der Waals surface area contributed by atoms with E-state index in [4.69, 9.17) is 4.98 Å². The molecular formula is C41H54N8O4. The number of carbonyl (C=O) groups excluding carboxylic acids is 2. The maximum absolute atomic E-state index is 13.6. The number of carbonyl (C=O) groups is 3. The minimum atomic E-state index is -1.20. The zero-order valence-electron chi connectivity index (χ0n) is 31.6. The summed E-state index contributed by atoms with van der Waals surface area (Å²) in [6.45, 7) is 13.2. The average Bonchev–Trinajstić information content (AvgIpc) is 3.99. The molecule has 0 aliphatic carbocycles. The minimum absolute atomic E-state index is 0.0366. The second-order valence-electron chi connectivity index (χ2n) is 14.8. The van der Waals surface area contributed by atoms with Crippen molar-refractivity contribution < 1.29 is 19.5 Å². The van der Waals surface area contributed by atoms with E-state index in [1.807, 2.05) is 31.9 Å². The van der Waals surface area contributed by atoms with Gasteiger partial charge in [0.15, 0.2) is 0 Å². The van der Waals surface area contributed by atoms with Crippen LogP contribution < -0.4 is 5.32 Å². The van der Waals surface area contributed by atoms with Crippen LogP contribution in [0, 0.1) is 5.92 Å². The van der Waals surface area contributed by atoms with Crippen molar-refractivity contribution in [2.45, 2.75) is 97.3 Å². The van der Waals surface area contributed by atoms with E-state index in [0.29, 0.717) is 12.4 Å². The number of nitrogens with one attached hydrogen (secondary N) is 3. The molecule has 0 unspecified atom stereocenters. The fourth-order valence-corrected chi connectivity index (χ4v) is 7.91. The van der Waals surface area contributed by atoms with Crippen LogP contribution in [0.25, 0.3) is 33.6 Å². The topological polar surface area (TPSA) is 151 Å². The summed E-state index contributed by atoms with van der Waals surface area (Å²) >= 11 is 0. The highest BCUT2D eigenvalue weighted by molar-refractivity contribution is 5.86. The van der Waals surface area contributed by atoms with Gasteiger partial charge in [0.2, 0.25) is 11.8 Å². The highest BCUT2D eigenvalue weighted by atomic mass is 16.4. The molecule has 0 radical (unpaired) electrons. The number of rotatable bonds is 14. The van der Waals surface area contributed by atoms with E-state index in [2.05, 4.69) is 87.5 Å². The summed E-state index contributed by atoms with van der Waals surface area (Å²) in [6, 6.07) is 15.5. The Bertz CT molecular complexity index is 1840. The number of likely N-dealkylation sites (tertiary alicyclic amines) is 2. The largest absolute Gasteiger partial charge is 0.465 e. The predicted octanol–water partition coefficient (Wildman–Crippen LogP) is 7.26. The number of H-pyrrole nitrogens is 2. The van der Waals surface area contributed by atoms with Crippen molar-refractivity contribution >= 4 is 17.9 Å². The van der Waals surface area contributed by atoms with Gasteiger partial charge in [0, 0.05) is 13.1 Å². The van der Waals surface area contributed by atoms with Gasteiger partial charge < -0.3 is 30.2 Å². The summed E-state index contributed by atoms with van der Waals surface area (Å²) in [7, 11) is 0. The molecule has 3 amide bonds. The van der Waals surface area contributed by atoms with Gasteiger partial charge in [-0.25, -0.2) is 14.8 Å². The van der Waals surface area contributed by atoms with Crippen LogP contribution in [0.15, 0.2) is 60.9 Å². The molecule has 12 heteroatoms. The summed E-state index contributed by atoms with van der Waals surface area (Å²) in [5.74, 6) is 1.35. The van der Waals surface area contributed by atoms with E-state index in [0.717, 1.165) is 97.6 Å². The first-order valence-corrected chi connectivity index (χ1v) is 19.2. The lowest BCUT2D eigenvalue weighted by molar-refractivity contribution is -0.137. The molecule has 2 aliphatic heterocycles. The Balaban J connectivity index is 1.10. The van der Waals surface area contributed by atoms with Gasteiger partial charge in [-0.15, -0.1) is 0 Å². The van der Waals surface area contributed by atoms with Crippen LogP contribution in [-0.4, -0.2) is 95.9 Å². The third-order valence-corrected chi connectivity index (χ3v) is 10.8. The Morgan fingerprint density at radius 1 is 0.755 bits per heavy atom. The molecule has 6 rings (SSSR count). The highest BCUT2D eigenvalue weighted by Gasteiger charge is 2.38. The van der Waals surface area contributed by atoms with Crippen molar-refractivity contribution in [2.24, 2.45) is 5.92 Å². The number of imidazole rings is 2. The highest BCUT2D eigenvalue weighted by Crippen LogP contribution is 2.35. The zero-order valence-corrected chi connectivity index (χ0v) is 31.6. The standard InChI is InChI=1S/C41H54N8O4/c1-6-20-47(21-7-2)27(5)39(50)48-22-8-10-34(48)37-42-24-32(44-37)30-16-12-28(13-17-30)29-14-18-31(19-15-29)33-25-43-38(45-33)35-11-9-23-49(35)40(51)36(26(3)4)46-41(52)53/h12-19,24-27,34-36,46H,6-11,20-23H2,1-5H3,(H,42,44)(H,43,45)(H,52,53)/t27-,34-,35-,36-/m0/s1. The van der Waals surface area contributed by atoms with Crippen molar-refractivity contribution in [3.8, 4) is 33.6 Å². The molecule has 2 aliphatic rings. The summed E-state index contributed by atoms with van der Waals surface area (Å²) in [6.07, 6.45) is 8.00. The van der Waals surface area contributed by atoms with E-state index in [1.54, 1.807) is 11.1 Å². The number of amides is 3. The number of carboxylic acid groups (broad SMARTS) is 1. The number of aromatic nitrogens is 4.